The lowest BCUT2D eigenvalue weighted by atomic mass is 9.92. The zero-order valence-electron chi connectivity index (χ0n) is 23.5. The van der Waals surface area contributed by atoms with Gasteiger partial charge in [0.1, 0.15) is 0 Å². The van der Waals surface area contributed by atoms with Crippen LogP contribution in [0.25, 0.3) is 11.1 Å². The summed E-state index contributed by atoms with van der Waals surface area (Å²) < 4.78 is 80.1. The van der Waals surface area contributed by atoms with Crippen molar-refractivity contribution < 1.29 is 31.1 Å². The van der Waals surface area contributed by atoms with Gasteiger partial charge in [-0.25, -0.2) is 4.79 Å². The third-order valence-corrected chi connectivity index (χ3v) is 7.00. The van der Waals surface area contributed by atoms with Gasteiger partial charge in [0.25, 0.3) is 0 Å². The summed E-state index contributed by atoms with van der Waals surface area (Å²) in [5, 5.41) is 9.54. The second-order valence-corrected chi connectivity index (χ2v) is 11.2. The number of urea groups is 1. The van der Waals surface area contributed by atoms with Gasteiger partial charge in [-0.05, 0) is 99.7 Å². The minimum Gasteiger partial charge on any atom is -0.337 e. The van der Waals surface area contributed by atoms with Crippen LogP contribution in [0.15, 0.2) is 60.7 Å². The highest BCUT2D eigenvalue weighted by atomic mass is 35.5. The molecule has 43 heavy (non-hydrogen) atoms. The van der Waals surface area contributed by atoms with E-state index in [-0.39, 0.29) is 29.7 Å². The summed E-state index contributed by atoms with van der Waals surface area (Å²) in [5.41, 5.74) is -1.60. The SMILES string of the molecule is CN(C)CCCNCCC(CNC(=O)Nc1cc(Cl)cc(Cl)c1)c1ccc(-c2cc(C(F)(F)F)cc(C(F)(F)F)c2)cc1. The minimum atomic E-state index is -4.94. The number of benzene rings is 3. The van der Waals surface area contributed by atoms with E-state index in [9.17, 15) is 31.1 Å². The lowest BCUT2D eigenvalue weighted by molar-refractivity contribution is -0.143. The standard InChI is InChI=1S/C30H32Cl2F6N4O/c1-42(2)11-3-9-39-10-8-21(18-40-28(43)41-27-16-25(31)15-26(32)17-27)19-4-6-20(7-5-19)22-12-23(29(33,34)35)14-24(13-22)30(36,37)38/h4-7,12-17,21,39H,3,8-11,18H2,1-2H3,(H2,40,41,43). The zero-order chi connectivity index (χ0) is 31.8. The van der Waals surface area contributed by atoms with E-state index in [0.717, 1.165) is 25.1 Å². The average Bonchev–Trinajstić information content (AvgIpc) is 2.90. The normalized spacial score (nSPS) is 12.8. The van der Waals surface area contributed by atoms with Crippen LogP contribution in [0.4, 0.5) is 36.8 Å². The van der Waals surface area contributed by atoms with Crippen molar-refractivity contribution in [1.29, 1.82) is 0 Å². The van der Waals surface area contributed by atoms with Crippen LogP contribution in [0.3, 0.4) is 0 Å². The third-order valence-electron chi connectivity index (χ3n) is 6.56. The van der Waals surface area contributed by atoms with Crippen LogP contribution in [-0.4, -0.2) is 51.2 Å². The first kappa shape index (κ1) is 34.5. The van der Waals surface area contributed by atoms with Crippen LogP contribution in [0.1, 0.15) is 35.4 Å². The molecule has 1 atom stereocenters. The molecule has 0 saturated carbocycles. The molecule has 5 nitrogen and oxygen atoms in total. The molecule has 0 aromatic heterocycles. The largest absolute Gasteiger partial charge is 0.416 e. The van der Waals surface area contributed by atoms with Gasteiger partial charge in [0.05, 0.1) is 11.1 Å². The van der Waals surface area contributed by atoms with Crippen LogP contribution < -0.4 is 16.0 Å². The maximum Gasteiger partial charge on any atom is 0.416 e. The Morgan fingerprint density at radius 2 is 1.40 bits per heavy atom. The Labute approximate surface area is 256 Å². The Morgan fingerprint density at radius 3 is 1.93 bits per heavy atom. The Hall–Kier alpha value is -2.99. The number of rotatable bonds is 12. The fourth-order valence-electron chi connectivity index (χ4n) is 4.39. The molecule has 1 unspecified atom stereocenters. The van der Waals surface area contributed by atoms with Crippen molar-refractivity contribution in [3.8, 4) is 11.1 Å². The van der Waals surface area contributed by atoms with Gasteiger partial charge in [-0.3, -0.25) is 0 Å². The molecule has 0 fully saturated rings. The fraction of sp³-hybridized carbons (Fsp3) is 0.367. The summed E-state index contributed by atoms with van der Waals surface area (Å²) in [5.74, 6) is -0.212. The topological polar surface area (TPSA) is 56.4 Å². The first-order chi connectivity index (χ1) is 20.1. The molecule has 0 heterocycles. The maximum absolute atomic E-state index is 13.4. The van der Waals surface area contributed by atoms with Crippen molar-refractivity contribution in [2.75, 3.05) is 45.6 Å². The van der Waals surface area contributed by atoms with E-state index < -0.39 is 29.5 Å². The molecular weight excluding hydrogens is 617 g/mol. The molecule has 3 aromatic rings. The smallest absolute Gasteiger partial charge is 0.337 e. The molecule has 0 saturated heterocycles. The van der Waals surface area contributed by atoms with Gasteiger partial charge < -0.3 is 20.9 Å². The highest BCUT2D eigenvalue weighted by molar-refractivity contribution is 6.35. The summed E-state index contributed by atoms with van der Waals surface area (Å²) in [6, 6.07) is 11.9. The number of halogens is 8. The van der Waals surface area contributed by atoms with Gasteiger partial charge in [-0.1, -0.05) is 47.5 Å². The van der Waals surface area contributed by atoms with Gasteiger partial charge in [-0.15, -0.1) is 0 Å². The first-order valence-corrected chi connectivity index (χ1v) is 14.1. The van der Waals surface area contributed by atoms with E-state index in [4.69, 9.17) is 23.2 Å². The molecular formula is C30H32Cl2F6N4O. The van der Waals surface area contributed by atoms with Crippen molar-refractivity contribution in [3.05, 3.63) is 87.4 Å². The lowest BCUT2D eigenvalue weighted by Crippen LogP contribution is -2.33. The number of carbonyl (C=O) groups excluding carboxylic acids is 1. The van der Waals surface area contributed by atoms with E-state index in [1.807, 2.05) is 14.1 Å². The summed E-state index contributed by atoms with van der Waals surface area (Å²) in [6.45, 7) is 2.53. The van der Waals surface area contributed by atoms with Gasteiger partial charge in [-0.2, -0.15) is 26.3 Å². The molecule has 0 radical (unpaired) electrons. The van der Waals surface area contributed by atoms with Gasteiger partial charge in [0.15, 0.2) is 0 Å². The van der Waals surface area contributed by atoms with Gasteiger partial charge in [0, 0.05) is 28.2 Å². The van der Waals surface area contributed by atoms with E-state index in [1.54, 1.807) is 24.3 Å². The molecule has 0 bridgehead atoms. The molecule has 2 amide bonds. The van der Waals surface area contributed by atoms with E-state index in [2.05, 4.69) is 20.9 Å². The number of anilines is 1. The summed E-state index contributed by atoms with van der Waals surface area (Å²) in [7, 11) is 3.97. The Kier molecular flexibility index (Phi) is 12.1. The average molecular weight is 650 g/mol. The summed E-state index contributed by atoms with van der Waals surface area (Å²) >= 11 is 12.0. The van der Waals surface area contributed by atoms with Gasteiger partial charge >= 0.3 is 18.4 Å². The number of alkyl halides is 6. The summed E-state index contributed by atoms with van der Waals surface area (Å²) in [4.78, 5) is 14.7. The molecule has 0 spiro atoms. The molecule has 3 rings (SSSR count). The predicted molar refractivity (Wildman–Crippen MR) is 159 cm³/mol. The molecule has 0 aliphatic carbocycles. The molecule has 3 N–H and O–H groups in total. The number of amides is 2. The first-order valence-electron chi connectivity index (χ1n) is 13.4. The quantitative estimate of drug-likeness (QED) is 0.136. The second kappa shape index (κ2) is 15.1. The van der Waals surface area contributed by atoms with Crippen LogP contribution in [0, 0.1) is 0 Å². The Bertz CT molecular complexity index is 1310. The Balaban J connectivity index is 1.78. The predicted octanol–water partition coefficient (Wildman–Crippen LogP) is 8.53. The third kappa shape index (κ3) is 11.2. The maximum atomic E-state index is 13.4. The minimum absolute atomic E-state index is 0.105. The van der Waals surface area contributed by atoms with Crippen molar-refractivity contribution in [1.82, 2.24) is 15.5 Å². The van der Waals surface area contributed by atoms with Gasteiger partial charge in [0.2, 0.25) is 0 Å². The Morgan fingerprint density at radius 1 is 0.814 bits per heavy atom. The molecule has 0 aliphatic heterocycles. The van der Waals surface area contributed by atoms with Crippen LogP contribution in [0.5, 0.6) is 0 Å². The lowest BCUT2D eigenvalue weighted by Gasteiger charge is -2.20. The van der Waals surface area contributed by atoms with Crippen LogP contribution in [-0.2, 0) is 12.4 Å². The van der Waals surface area contributed by atoms with Crippen LogP contribution >= 0.6 is 23.2 Å². The van der Waals surface area contributed by atoms with E-state index >= 15 is 0 Å². The number of carbonyl (C=O) groups is 1. The number of nitrogens with zero attached hydrogens (tertiary/aromatic N) is 1. The number of hydrogen-bond donors (Lipinski definition) is 3. The molecule has 0 aliphatic rings. The number of nitrogens with one attached hydrogen (secondary N) is 3. The van der Waals surface area contributed by atoms with E-state index in [0.29, 0.717) is 40.8 Å². The highest BCUT2D eigenvalue weighted by Gasteiger charge is 2.37. The second-order valence-electron chi connectivity index (χ2n) is 10.3. The monoisotopic (exact) mass is 648 g/mol. The van der Waals surface area contributed by atoms with Crippen molar-refractivity contribution in [3.63, 3.8) is 0 Å². The van der Waals surface area contributed by atoms with Crippen LogP contribution in [0.2, 0.25) is 10.0 Å². The molecule has 234 valence electrons. The van der Waals surface area contributed by atoms with E-state index in [1.165, 1.54) is 18.2 Å². The van der Waals surface area contributed by atoms with Crippen molar-refractivity contribution >= 4 is 34.9 Å². The van der Waals surface area contributed by atoms with Crippen molar-refractivity contribution in [2.24, 2.45) is 0 Å². The van der Waals surface area contributed by atoms with Crippen molar-refractivity contribution in [2.45, 2.75) is 31.1 Å². The fourth-order valence-corrected chi connectivity index (χ4v) is 4.92. The summed E-state index contributed by atoms with van der Waals surface area (Å²) in [6.07, 6.45) is -8.34. The highest BCUT2D eigenvalue weighted by Crippen LogP contribution is 2.39. The zero-order valence-corrected chi connectivity index (χ0v) is 25.0. The number of hydrogen-bond acceptors (Lipinski definition) is 3. The molecule has 3 aromatic carbocycles. The molecule has 13 heteroatoms.